The minimum Gasteiger partial charge on any atom is -0.494 e. The molecule has 1 N–H and O–H groups in total. The van der Waals surface area contributed by atoms with Crippen molar-refractivity contribution in [1.29, 1.82) is 0 Å². The van der Waals surface area contributed by atoms with Crippen LogP contribution in [0.5, 0.6) is 5.75 Å². The molecule has 0 saturated carbocycles. The molecule has 1 aliphatic heterocycles. The highest BCUT2D eigenvalue weighted by molar-refractivity contribution is 5.36. The molecule has 0 spiro atoms. The van der Waals surface area contributed by atoms with E-state index in [0.29, 0.717) is 0 Å². The molecule has 2 aromatic rings. The fourth-order valence-electron chi connectivity index (χ4n) is 2.50. The average Bonchev–Trinajstić information content (AvgIpc) is 2.90. The summed E-state index contributed by atoms with van der Waals surface area (Å²) in [4.78, 5) is 4.42. The second kappa shape index (κ2) is 5.11. The van der Waals surface area contributed by atoms with Gasteiger partial charge in [-0.1, -0.05) is 13.0 Å². The van der Waals surface area contributed by atoms with Gasteiger partial charge in [-0.15, -0.1) is 0 Å². The first-order chi connectivity index (χ1) is 9.72. The largest absolute Gasteiger partial charge is 0.494 e. The summed E-state index contributed by atoms with van der Waals surface area (Å²) in [6.07, 6.45) is 1.64. The number of rotatable bonds is 3. The SMILES string of the molecule is CCc1nc2n(n1)C(c1ccc(OC)c(F)c1)CCN2. The number of anilines is 1. The maximum Gasteiger partial charge on any atom is 0.221 e. The number of nitrogens with zero attached hydrogens (tertiary/aromatic N) is 3. The Kier molecular flexibility index (Phi) is 3.30. The summed E-state index contributed by atoms with van der Waals surface area (Å²) in [5, 5.41) is 7.71. The molecule has 0 amide bonds. The van der Waals surface area contributed by atoms with Crippen LogP contribution in [0.2, 0.25) is 0 Å². The number of halogens is 1. The molecule has 2 heterocycles. The molecular weight excluding hydrogens is 259 g/mol. The third-order valence-corrected chi connectivity index (χ3v) is 3.55. The average molecular weight is 276 g/mol. The minimum atomic E-state index is -0.346. The maximum atomic E-state index is 13.9. The zero-order valence-corrected chi connectivity index (χ0v) is 11.6. The second-order valence-corrected chi connectivity index (χ2v) is 4.77. The molecule has 1 aromatic carbocycles. The molecule has 20 heavy (non-hydrogen) atoms. The van der Waals surface area contributed by atoms with Crippen molar-refractivity contribution in [2.45, 2.75) is 25.8 Å². The van der Waals surface area contributed by atoms with E-state index >= 15 is 0 Å². The Morgan fingerprint density at radius 3 is 3.05 bits per heavy atom. The van der Waals surface area contributed by atoms with Gasteiger partial charge in [-0.2, -0.15) is 10.1 Å². The quantitative estimate of drug-likeness (QED) is 0.935. The van der Waals surface area contributed by atoms with Crippen LogP contribution in [-0.4, -0.2) is 28.4 Å². The fourth-order valence-corrected chi connectivity index (χ4v) is 2.50. The Morgan fingerprint density at radius 2 is 2.35 bits per heavy atom. The highest BCUT2D eigenvalue weighted by atomic mass is 19.1. The van der Waals surface area contributed by atoms with Gasteiger partial charge < -0.3 is 10.1 Å². The van der Waals surface area contributed by atoms with Gasteiger partial charge in [0.1, 0.15) is 0 Å². The third kappa shape index (κ3) is 2.11. The molecule has 0 fully saturated rings. The van der Waals surface area contributed by atoms with Gasteiger partial charge in [-0.3, -0.25) is 0 Å². The molecule has 0 saturated heterocycles. The van der Waals surface area contributed by atoms with Crippen molar-refractivity contribution in [3.05, 3.63) is 35.4 Å². The van der Waals surface area contributed by atoms with Crippen LogP contribution in [0.4, 0.5) is 10.3 Å². The van der Waals surface area contributed by atoms with Crippen LogP contribution in [0.25, 0.3) is 0 Å². The number of ether oxygens (including phenoxy) is 1. The predicted octanol–water partition coefficient (Wildman–Crippen LogP) is 2.39. The van der Waals surface area contributed by atoms with E-state index in [1.807, 2.05) is 17.7 Å². The summed E-state index contributed by atoms with van der Waals surface area (Å²) in [6.45, 7) is 2.82. The van der Waals surface area contributed by atoms with E-state index in [-0.39, 0.29) is 17.6 Å². The number of fused-ring (bicyclic) bond motifs is 1. The Hall–Kier alpha value is -2.11. The Bertz CT molecular complexity index is 626. The van der Waals surface area contributed by atoms with Crippen molar-refractivity contribution in [2.75, 3.05) is 19.0 Å². The molecular formula is C14H17FN4O. The van der Waals surface area contributed by atoms with Crippen LogP contribution < -0.4 is 10.1 Å². The molecule has 1 aliphatic rings. The summed E-state index contributed by atoms with van der Waals surface area (Å²) in [7, 11) is 1.46. The predicted molar refractivity (Wildman–Crippen MR) is 73.6 cm³/mol. The van der Waals surface area contributed by atoms with Gasteiger partial charge in [0.15, 0.2) is 17.4 Å². The highest BCUT2D eigenvalue weighted by Crippen LogP contribution is 2.30. The molecule has 6 heteroatoms. The fraction of sp³-hybridized carbons (Fsp3) is 0.429. The molecule has 106 valence electrons. The summed E-state index contributed by atoms with van der Waals surface area (Å²) < 4.78 is 20.7. The van der Waals surface area contributed by atoms with Gasteiger partial charge in [0.05, 0.1) is 13.2 Å². The van der Waals surface area contributed by atoms with E-state index < -0.39 is 0 Å². The van der Waals surface area contributed by atoms with Crippen molar-refractivity contribution >= 4 is 5.95 Å². The van der Waals surface area contributed by atoms with Gasteiger partial charge in [-0.05, 0) is 24.1 Å². The van der Waals surface area contributed by atoms with Crippen LogP contribution in [0.15, 0.2) is 18.2 Å². The van der Waals surface area contributed by atoms with Crippen LogP contribution in [0, 0.1) is 5.82 Å². The lowest BCUT2D eigenvalue weighted by molar-refractivity contribution is 0.384. The lowest BCUT2D eigenvalue weighted by Gasteiger charge is -2.24. The second-order valence-electron chi connectivity index (χ2n) is 4.77. The lowest BCUT2D eigenvalue weighted by Crippen LogP contribution is -2.24. The van der Waals surface area contributed by atoms with E-state index in [1.165, 1.54) is 13.2 Å². The van der Waals surface area contributed by atoms with Crippen LogP contribution in [0.1, 0.15) is 30.8 Å². The van der Waals surface area contributed by atoms with Crippen molar-refractivity contribution in [3.63, 3.8) is 0 Å². The van der Waals surface area contributed by atoms with Crippen LogP contribution in [0.3, 0.4) is 0 Å². The number of benzene rings is 1. The van der Waals surface area contributed by atoms with E-state index in [2.05, 4.69) is 15.4 Å². The molecule has 1 unspecified atom stereocenters. The Labute approximate surface area is 116 Å². The van der Waals surface area contributed by atoms with E-state index in [1.54, 1.807) is 6.07 Å². The third-order valence-electron chi connectivity index (χ3n) is 3.55. The molecule has 1 atom stereocenters. The van der Waals surface area contributed by atoms with E-state index in [4.69, 9.17) is 4.74 Å². The molecule has 0 radical (unpaired) electrons. The van der Waals surface area contributed by atoms with Gasteiger partial charge in [0, 0.05) is 13.0 Å². The van der Waals surface area contributed by atoms with Gasteiger partial charge in [0.25, 0.3) is 0 Å². The summed E-state index contributed by atoms with van der Waals surface area (Å²) in [6, 6.07) is 5.07. The molecule has 5 nitrogen and oxygen atoms in total. The smallest absolute Gasteiger partial charge is 0.221 e. The number of nitrogens with one attached hydrogen (secondary N) is 1. The Balaban J connectivity index is 1.99. The van der Waals surface area contributed by atoms with E-state index in [9.17, 15) is 4.39 Å². The van der Waals surface area contributed by atoms with Crippen molar-refractivity contribution < 1.29 is 9.13 Å². The van der Waals surface area contributed by atoms with Crippen LogP contribution >= 0.6 is 0 Å². The first-order valence-electron chi connectivity index (χ1n) is 6.75. The monoisotopic (exact) mass is 276 g/mol. The topological polar surface area (TPSA) is 52.0 Å². The number of aromatic nitrogens is 3. The van der Waals surface area contributed by atoms with Crippen molar-refractivity contribution in [3.8, 4) is 5.75 Å². The number of hydrogen-bond acceptors (Lipinski definition) is 4. The highest BCUT2D eigenvalue weighted by Gasteiger charge is 2.24. The van der Waals surface area contributed by atoms with E-state index in [0.717, 1.165) is 36.7 Å². The first kappa shape index (κ1) is 12.9. The Morgan fingerprint density at radius 1 is 1.50 bits per heavy atom. The minimum absolute atomic E-state index is 0.0134. The number of aryl methyl sites for hydroxylation is 1. The van der Waals surface area contributed by atoms with Gasteiger partial charge in [0.2, 0.25) is 5.95 Å². The molecule has 1 aromatic heterocycles. The first-order valence-corrected chi connectivity index (χ1v) is 6.75. The van der Waals surface area contributed by atoms with Gasteiger partial charge >= 0.3 is 0 Å². The summed E-state index contributed by atoms with van der Waals surface area (Å²) in [5.41, 5.74) is 0.888. The normalized spacial score (nSPS) is 17.4. The number of hydrogen-bond donors (Lipinski definition) is 1. The van der Waals surface area contributed by atoms with Crippen molar-refractivity contribution in [2.24, 2.45) is 0 Å². The summed E-state index contributed by atoms with van der Waals surface area (Å²) >= 11 is 0. The lowest BCUT2D eigenvalue weighted by atomic mass is 10.0. The maximum absolute atomic E-state index is 13.9. The molecule has 0 bridgehead atoms. The number of methoxy groups -OCH3 is 1. The molecule has 0 aliphatic carbocycles. The summed E-state index contributed by atoms with van der Waals surface area (Å²) in [5.74, 6) is 1.47. The van der Waals surface area contributed by atoms with Crippen LogP contribution in [-0.2, 0) is 6.42 Å². The zero-order chi connectivity index (χ0) is 14.1. The van der Waals surface area contributed by atoms with Gasteiger partial charge in [-0.25, -0.2) is 9.07 Å². The van der Waals surface area contributed by atoms with Crippen molar-refractivity contribution in [1.82, 2.24) is 14.8 Å². The molecule has 3 rings (SSSR count). The standard InChI is InChI=1S/C14H17FN4O/c1-3-13-17-14-16-7-6-11(19(14)18-13)9-4-5-12(20-2)10(15)8-9/h4-5,8,11H,3,6-7H2,1-2H3,(H,16,17,18). The zero-order valence-electron chi connectivity index (χ0n) is 11.6.